The summed E-state index contributed by atoms with van der Waals surface area (Å²) in [6.07, 6.45) is 3.27. The molecule has 1 aliphatic rings. The van der Waals surface area contributed by atoms with Crippen molar-refractivity contribution in [2.45, 2.75) is 13.0 Å². The van der Waals surface area contributed by atoms with E-state index in [1.54, 1.807) is 11.8 Å². The lowest BCUT2D eigenvalue weighted by Crippen LogP contribution is -2.33. The molecule has 0 spiro atoms. The van der Waals surface area contributed by atoms with Gasteiger partial charge in [-0.1, -0.05) is 72.4 Å². The van der Waals surface area contributed by atoms with E-state index in [2.05, 4.69) is 82.9 Å². The lowest BCUT2D eigenvalue weighted by Gasteiger charge is -2.28. The van der Waals surface area contributed by atoms with Gasteiger partial charge in [-0.25, -0.2) is 0 Å². The standard InChI is InChI=1S/C24H22N2S/c1-27-24-25-13-4-14-26(24)16-17-7-8-19-10-11-21-20-6-3-2-5-18(20)9-12-22(21)23(19)15-17/h2-3,5-12,15H,4,13-14,16H2,1H3. The highest BCUT2D eigenvalue weighted by Crippen LogP contribution is 2.32. The molecule has 4 aromatic carbocycles. The Hall–Kier alpha value is -2.52. The molecule has 0 amide bonds. The van der Waals surface area contributed by atoms with Gasteiger partial charge < -0.3 is 4.90 Å². The van der Waals surface area contributed by atoms with Crippen molar-refractivity contribution in [3.8, 4) is 0 Å². The maximum absolute atomic E-state index is 4.68. The SMILES string of the molecule is CSC1=NCCCN1Cc1ccc2ccc3c4ccccc4ccc3c2c1. The normalized spacial score (nSPS) is 14.9. The fourth-order valence-corrected chi connectivity index (χ4v) is 4.79. The molecule has 1 heterocycles. The van der Waals surface area contributed by atoms with Crippen molar-refractivity contribution in [3.05, 3.63) is 72.3 Å². The molecule has 0 bridgehead atoms. The van der Waals surface area contributed by atoms with Gasteiger partial charge in [0, 0.05) is 19.6 Å². The molecule has 0 atom stereocenters. The molecule has 0 fully saturated rings. The van der Waals surface area contributed by atoms with Crippen LogP contribution in [0, 0.1) is 0 Å². The monoisotopic (exact) mass is 370 g/mol. The molecule has 0 aliphatic carbocycles. The van der Waals surface area contributed by atoms with Crippen molar-refractivity contribution in [1.29, 1.82) is 0 Å². The quantitative estimate of drug-likeness (QED) is 0.398. The topological polar surface area (TPSA) is 15.6 Å². The Balaban J connectivity index is 1.63. The van der Waals surface area contributed by atoms with E-state index in [4.69, 9.17) is 0 Å². The Morgan fingerprint density at radius 1 is 0.852 bits per heavy atom. The molecule has 0 aromatic heterocycles. The van der Waals surface area contributed by atoms with Crippen LogP contribution in [0.15, 0.2) is 71.7 Å². The van der Waals surface area contributed by atoms with Crippen LogP contribution in [0.1, 0.15) is 12.0 Å². The van der Waals surface area contributed by atoms with Crippen molar-refractivity contribution in [2.75, 3.05) is 19.3 Å². The van der Waals surface area contributed by atoms with Crippen molar-refractivity contribution >= 4 is 49.2 Å². The van der Waals surface area contributed by atoms with Gasteiger partial charge >= 0.3 is 0 Å². The number of hydrogen-bond acceptors (Lipinski definition) is 3. The zero-order chi connectivity index (χ0) is 18.2. The van der Waals surface area contributed by atoms with Crippen molar-refractivity contribution in [1.82, 2.24) is 4.90 Å². The van der Waals surface area contributed by atoms with Crippen LogP contribution in [-0.2, 0) is 6.54 Å². The fraction of sp³-hybridized carbons (Fsp3) is 0.208. The van der Waals surface area contributed by atoms with Gasteiger partial charge in [0.2, 0.25) is 0 Å². The van der Waals surface area contributed by atoms with Crippen LogP contribution in [0.2, 0.25) is 0 Å². The number of nitrogens with zero attached hydrogens (tertiary/aromatic N) is 2. The van der Waals surface area contributed by atoms with Crippen LogP contribution in [0.3, 0.4) is 0 Å². The van der Waals surface area contributed by atoms with Gasteiger partial charge in [0.1, 0.15) is 0 Å². The summed E-state index contributed by atoms with van der Waals surface area (Å²) < 4.78 is 0. The van der Waals surface area contributed by atoms with Crippen molar-refractivity contribution < 1.29 is 0 Å². The number of hydrogen-bond donors (Lipinski definition) is 0. The lowest BCUT2D eigenvalue weighted by atomic mass is 9.96. The smallest absolute Gasteiger partial charge is 0.159 e. The van der Waals surface area contributed by atoms with Gasteiger partial charge in [0.15, 0.2) is 5.17 Å². The number of amidine groups is 1. The summed E-state index contributed by atoms with van der Waals surface area (Å²) in [7, 11) is 0. The number of rotatable bonds is 2. The first-order valence-corrected chi connectivity index (χ1v) is 10.7. The van der Waals surface area contributed by atoms with Gasteiger partial charge in [0.25, 0.3) is 0 Å². The summed E-state index contributed by atoms with van der Waals surface area (Å²) in [5.41, 5.74) is 1.35. The number of fused-ring (bicyclic) bond motifs is 5. The average Bonchev–Trinajstić information content (AvgIpc) is 2.73. The first-order valence-electron chi connectivity index (χ1n) is 9.50. The summed E-state index contributed by atoms with van der Waals surface area (Å²) in [6, 6.07) is 24.6. The highest BCUT2D eigenvalue weighted by molar-refractivity contribution is 8.13. The molecule has 0 saturated heterocycles. The Labute approximate surface area is 163 Å². The van der Waals surface area contributed by atoms with E-state index < -0.39 is 0 Å². The van der Waals surface area contributed by atoms with Crippen LogP contribution in [0.5, 0.6) is 0 Å². The summed E-state index contributed by atoms with van der Waals surface area (Å²) in [5, 5.41) is 9.12. The minimum atomic E-state index is 0.930. The maximum atomic E-state index is 4.68. The highest BCUT2D eigenvalue weighted by Gasteiger charge is 2.15. The molecule has 0 saturated carbocycles. The second-order valence-electron chi connectivity index (χ2n) is 7.15. The van der Waals surface area contributed by atoms with Crippen molar-refractivity contribution in [2.24, 2.45) is 4.99 Å². The molecule has 0 N–H and O–H groups in total. The predicted octanol–water partition coefficient (Wildman–Crippen LogP) is 6.07. The number of aliphatic imine (C=N–C) groups is 1. The number of benzene rings is 4. The van der Waals surface area contributed by atoms with Crippen LogP contribution in [0.4, 0.5) is 0 Å². The lowest BCUT2D eigenvalue weighted by molar-refractivity contribution is 0.397. The third-order valence-corrected chi connectivity index (χ3v) is 6.22. The fourth-order valence-electron chi connectivity index (χ4n) is 4.16. The Bertz CT molecular complexity index is 1180. The predicted molar refractivity (Wildman–Crippen MR) is 120 cm³/mol. The van der Waals surface area contributed by atoms with Crippen LogP contribution >= 0.6 is 11.8 Å². The average molecular weight is 371 g/mol. The van der Waals surface area contributed by atoms with Crippen LogP contribution in [0.25, 0.3) is 32.3 Å². The molecule has 1 aliphatic heterocycles. The third kappa shape index (κ3) is 2.96. The highest BCUT2D eigenvalue weighted by atomic mass is 32.2. The molecule has 2 nitrogen and oxygen atoms in total. The summed E-state index contributed by atoms with van der Waals surface area (Å²) in [6.45, 7) is 2.99. The Kier molecular flexibility index (Phi) is 4.25. The van der Waals surface area contributed by atoms with Crippen LogP contribution < -0.4 is 0 Å². The molecular formula is C24H22N2S. The van der Waals surface area contributed by atoms with Gasteiger partial charge in [-0.05, 0) is 56.6 Å². The van der Waals surface area contributed by atoms with Crippen molar-refractivity contribution in [3.63, 3.8) is 0 Å². The van der Waals surface area contributed by atoms with E-state index in [0.717, 1.165) is 26.1 Å². The molecule has 3 heteroatoms. The van der Waals surface area contributed by atoms with Gasteiger partial charge in [-0.15, -0.1) is 0 Å². The molecule has 27 heavy (non-hydrogen) atoms. The summed E-state index contributed by atoms with van der Waals surface area (Å²) in [4.78, 5) is 7.09. The first kappa shape index (κ1) is 16.6. The Morgan fingerprint density at radius 3 is 2.44 bits per heavy atom. The molecule has 5 rings (SSSR count). The molecule has 0 unspecified atom stereocenters. The second kappa shape index (κ2) is 6.90. The van der Waals surface area contributed by atoms with Crippen LogP contribution in [-0.4, -0.2) is 29.4 Å². The van der Waals surface area contributed by atoms with E-state index in [-0.39, 0.29) is 0 Å². The summed E-state index contributed by atoms with van der Waals surface area (Å²) in [5.74, 6) is 0. The van der Waals surface area contributed by atoms with E-state index in [0.29, 0.717) is 0 Å². The minimum absolute atomic E-state index is 0.930. The van der Waals surface area contributed by atoms with Gasteiger partial charge in [-0.3, -0.25) is 4.99 Å². The van der Waals surface area contributed by atoms with E-state index in [9.17, 15) is 0 Å². The largest absolute Gasteiger partial charge is 0.347 e. The zero-order valence-corrected chi connectivity index (χ0v) is 16.3. The van der Waals surface area contributed by atoms with Gasteiger partial charge in [0.05, 0.1) is 0 Å². The van der Waals surface area contributed by atoms with Gasteiger partial charge in [-0.2, -0.15) is 0 Å². The number of thioether (sulfide) groups is 1. The van der Waals surface area contributed by atoms with E-state index in [1.165, 1.54) is 43.0 Å². The molecule has 4 aromatic rings. The van der Waals surface area contributed by atoms with E-state index in [1.807, 2.05) is 0 Å². The zero-order valence-electron chi connectivity index (χ0n) is 15.5. The molecule has 134 valence electrons. The minimum Gasteiger partial charge on any atom is -0.347 e. The molecule has 0 radical (unpaired) electrons. The first-order chi connectivity index (χ1) is 13.3. The van der Waals surface area contributed by atoms with E-state index >= 15 is 0 Å². The summed E-state index contributed by atoms with van der Waals surface area (Å²) >= 11 is 1.76. The molecular weight excluding hydrogens is 348 g/mol. The maximum Gasteiger partial charge on any atom is 0.159 e. The Morgan fingerprint density at radius 2 is 1.59 bits per heavy atom. The third-order valence-electron chi connectivity index (χ3n) is 5.47. The second-order valence-corrected chi connectivity index (χ2v) is 7.92.